The number of fused-ring (bicyclic) bond motifs is 1. The highest BCUT2D eigenvalue weighted by Crippen LogP contribution is 2.36. The van der Waals surface area contributed by atoms with E-state index in [0.717, 1.165) is 12.1 Å². The summed E-state index contributed by atoms with van der Waals surface area (Å²) in [5, 5.41) is 3.22. The van der Waals surface area contributed by atoms with Crippen molar-refractivity contribution < 1.29 is 13.9 Å². The number of rotatable bonds is 3. The van der Waals surface area contributed by atoms with Gasteiger partial charge in [0, 0.05) is 36.6 Å². The lowest BCUT2D eigenvalue weighted by molar-refractivity contribution is 0.0601. The topological polar surface area (TPSA) is 81.1 Å². The van der Waals surface area contributed by atoms with Gasteiger partial charge in [-0.3, -0.25) is 4.98 Å². The molecule has 1 aromatic carbocycles. The quantitative estimate of drug-likeness (QED) is 0.704. The number of pyridine rings is 1. The average Bonchev–Trinajstić information content (AvgIpc) is 3.07. The molecule has 132 valence electrons. The molecular formula is C18H16FN5O2. The molecular weight excluding hydrogens is 337 g/mol. The Balaban J connectivity index is 1.97. The van der Waals surface area contributed by atoms with Crippen LogP contribution in [0.15, 0.2) is 42.7 Å². The summed E-state index contributed by atoms with van der Waals surface area (Å²) in [5.41, 5.74) is 6.25. The highest BCUT2D eigenvalue weighted by atomic mass is 19.1. The summed E-state index contributed by atoms with van der Waals surface area (Å²) in [4.78, 5) is 20.9. The Morgan fingerprint density at radius 3 is 2.81 bits per heavy atom. The van der Waals surface area contributed by atoms with Gasteiger partial charge in [0.25, 0.3) is 0 Å². The standard InChI is InChI=1S/C18H16FN5O2/c1-26-17(25)14-10-20-7-6-13(14)16-15(11-2-4-12(19)5-3-11)23-18-21-8-9-22-24(16)18/h2-7,10,22H,8-9H2,1H3,(H,21,23). The number of carbonyl (C=O) groups is 1. The van der Waals surface area contributed by atoms with Crippen molar-refractivity contribution in [3.8, 4) is 22.5 Å². The van der Waals surface area contributed by atoms with Crippen LogP contribution in [0.4, 0.5) is 10.3 Å². The summed E-state index contributed by atoms with van der Waals surface area (Å²) >= 11 is 0. The third-order valence-corrected chi connectivity index (χ3v) is 4.15. The van der Waals surface area contributed by atoms with Crippen molar-refractivity contribution in [1.82, 2.24) is 14.6 Å². The maximum atomic E-state index is 13.3. The maximum Gasteiger partial charge on any atom is 0.340 e. The molecule has 0 bridgehead atoms. The molecule has 0 atom stereocenters. The van der Waals surface area contributed by atoms with Gasteiger partial charge >= 0.3 is 5.97 Å². The van der Waals surface area contributed by atoms with E-state index in [-0.39, 0.29) is 5.82 Å². The number of carbonyl (C=O) groups excluding carboxylic acids is 1. The number of esters is 1. The second-order valence-electron chi connectivity index (χ2n) is 5.72. The smallest absolute Gasteiger partial charge is 0.340 e. The van der Waals surface area contributed by atoms with Crippen LogP contribution < -0.4 is 10.7 Å². The van der Waals surface area contributed by atoms with E-state index in [1.807, 2.05) is 0 Å². The van der Waals surface area contributed by atoms with Crippen LogP contribution in [0.5, 0.6) is 0 Å². The lowest BCUT2D eigenvalue weighted by atomic mass is 10.0. The maximum absolute atomic E-state index is 13.3. The SMILES string of the molecule is COC(=O)c1cnccc1-c1c(-c2ccc(F)cc2)nc2n1NCCN2. The van der Waals surface area contributed by atoms with Crippen molar-refractivity contribution in [3.05, 3.63) is 54.1 Å². The Morgan fingerprint density at radius 2 is 2.04 bits per heavy atom. The molecule has 0 amide bonds. The normalized spacial score (nSPS) is 12.7. The first-order chi connectivity index (χ1) is 12.7. The van der Waals surface area contributed by atoms with Crippen molar-refractivity contribution in [3.63, 3.8) is 0 Å². The number of halogens is 1. The summed E-state index contributed by atoms with van der Waals surface area (Å²) in [6.07, 6.45) is 3.07. The number of nitrogens with zero attached hydrogens (tertiary/aromatic N) is 3. The molecule has 0 radical (unpaired) electrons. The third kappa shape index (κ3) is 2.65. The number of hydrogen-bond donors (Lipinski definition) is 2. The molecule has 3 heterocycles. The van der Waals surface area contributed by atoms with Crippen molar-refractivity contribution >= 4 is 11.9 Å². The second kappa shape index (κ2) is 6.47. The number of imidazole rings is 1. The van der Waals surface area contributed by atoms with Gasteiger partial charge in [-0.1, -0.05) is 0 Å². The molecule has 4 rings (SSSR count). The van der Waals surface area contributed by atoms with E-state index >= 15 is 0 Å². The Hall–Kier alpha value is -3.42. The minimum absolute atomic E-state index is 0.324. The fourth-order valence-electron chi connectivity index (χ4n) is 2.97. The lowest BCUT2D eigenvalue weighted by Crippen LogP contribution is -2.30. The molecule has 1 aliphatic heterocycles. The Kier molecular flexibility index (Phi) is 4.00. The highest BCUT2D eigenvalue weighted by molar-refractivity contribution is 5.98. The lowest BCUT2D eigenvalue weighted by Gasteiger charge is -2.20. The van der Waals surface area contributed by atoms with Crippen molar-refractivity contribution in [2.75, 3.05) is 30.9 Å². The van der Waals surface area contributed by atoms with E-state index in [9.17, 15) is 9.18 Å². The number of ether oxygens (including phenoxy) is 1. The van der Waals surface area contributed by atoms with Crippen LogP contribution in [0.2, 0.25) is 0 Å². The Labute approximate surface area is 148 Å². The summed E-state index contributed by atoms with van der Waals surface area (Å²) < 4.78 is 20.0. The van der Waals surface area contributed by atoms with Crippen LogP contribution in [0, 0.1) is 5.82 Å². The molecule has 2 N–H and O–H groups in total. The molecule has 3 aromatic rings. The van der Waals surface area contributed by atoms with E-state index in [4.69, 9.17) is 4.74 Å². The van der Waals surface area contributed by atoms with Gasteiger partial charge in [-0.2, -0.15) is 0 Å². The highest BCUT2D eigenvalue weighted by Gasteiger charge is 2.25. The molecule has 7 nitrogen and oxygen atoms in total. The summed E-state index contributed by atoms with van der Waals surface area (Å²) in [5.74, 6) is -0.189. The van der Waals surface area contributed by atoms with Gasteiger partial charge in [0.1, 0.15) is 17.2 Å². The third-order valence-electron chi connectivity index (χ3n) is 4.15. The van der Waals surface area contributed by atoms with Gasteiger partial charge in [0.2, 0.25) is 5.95 Å². The van der Waals surface area contributed by atoms with E-state index in [0.29, 0.717) is 35.0 Å². The van der Waals surface area contributed by atoms with Gasteiger partial charge in [-0.15, -0.1) is 0 Å². The van der Waals surface area contributed by atoms with E-state index in [1.54, 1.807) is 29.1 Å². The number of benzene rings is 1. The molecule has 0 saturated heterocycles. The first-order valence-corrected chi connectivity index (χ1v) is 8.08. The zero-order chi connectivity index (χ0) is 18.1. The molecule has 0 spiro atoms. The molecule has 26 heavy (non-hydrogen) atoms. The molecule has 0 aliphatic carbocycles. The molecule has 8 heteroatoms. The summed E-state index contributed by atoms with van der Waals surface area (Å²) in [6, 6.07) is 7.82. The van der Waals surface area contributed by atoms with Gasteiger partial charge in [0.05, 0.1) is 12.7 Å². The molecule has 0 fully saturated rings. The van der Waals surface area contributed by atoms with Gasteiger partial charge in [-0.05, 0) is 30.3 Å². The predicted molar refractivity (Wildman–Crippen MR) is 94.9 cm³/mol. The zero-order valence-corrected chi connectivity index (χ0v) is 14.0. The van der Waals surface area contributed by atoms with E-state index < -0.39 is 5.97 Å². The predicted octanol–water partition coefficient (Wildman–Crippen LogP) is 2.51. The van der Waals surface area contributed by atoms with Crippen LogP contribution in [-0.4, -0.2) is 40.8 Å². The van der Waals surface area contributed by atoms with Crippen LogP contribution in [0.3, 0.4) is 0 Å². The van der Waals surface area contributed by atoms with Gasteiger partial charge < -0.3 is 15.5 Å². The fourth-order valence-corrected chi connectivity index (χ4v) is 2.97. The molecule has 0 unspecified atom stereocenters. The number of aromatic nitrogens is 3. The average molecular weight is 353 g/mol. The van der Waals surface area contributed by atoms with Crippen molar-refractivity contribution in [1.29, 1.82) is 0 Å². The van der Waals surface area contributed by atoms with E-state index in [1.165, 1.54) is 25.4 Å². The fraction of sp³-hybridized carbons (Fsp3) is 0.167. The monoisotopic (exact) mass is 353 g/mol. The largest absolute Gasteiger partial charge is 0.465 e. The number of methoxy groups -OCH3 is 1. The number of nitrogens with one attached hydrogen (secondary N) is 2. The van der Waals surface area contributed by atoms with Crippen LogP contribution in [0.1, 0.15) is 10.4 Å². The van der Waals surface area contributed by atoms with Crippen LogP contribution >= 0.6 is 0 Å². The van der Waals surface area contributed by atoms with Crippen LogP contribution in [0.25, 0.3) is 22.5 Å². The number of hydrogen-bond acceptors (Lipinski definition) is 6. The van der Waals surface area contributed by atoms with Crippen LogP contribution in [-0.2, 0) is 4.74 Å². The zero-order valence-electron chi connectivity index (χ0n) is 14.0. The van der Waals surface area contributed by atoms with Crippen molar-refractivity contribution in [2.24, 2.45) is 0 Å². The van der Waals surface area contributed by atoms with Gasteiger partial charge in [-0.25, -0.2) is 18.8 Å². The molecule has 2 aromatic heterocycles. The summed E-state index contributed by atoms with van der Waals surface area (Å²) in [7, 11) is 1.33. The summed E-state index contributed by atoms with van der Waals surface area (Å²) in [6.45, 7) is 1.41. The first kappa shape index (κ1) is 16.1. The second-order valence-corrected chi connectivity index (χ2v) is 5.72. The Morgan fingerprint density at radius 1 is 1.23 bits per heavy atom. The van der Waals surface area contributed by atoms with Gasteiger partial charge in [0.15, 0.2) is 0 Å². The first-order valence-electron chi connectivity index (χ1n) is 8.08. The number of anilines is 1. The van der Waals surface area contributed by atoms with Crippen molar-refractivity contribution in [2.45, 2.75) is 0 Å². The molecule has 0 saturated carbocycles. The minimum Gasteiger partial charge on any atom is -0.465 e. The Bertz CT molecular complexity index is 968. The minimum atomic E-state index is -0.488. The van der Waals surface area contributed by atoms with E-state index in [2.05, 4.69) is 20.7 Å². The molecule has 1 aliphatic rings.